The fourth-order valence-corrected chi connectivity index (χ4v) is 3.99. The minimum Gasteiger partial charge on any atom is -0.383 e. The van der Waals surface area contributed by atoms with Crippen LogP contribution in [0.25, 0.3) is 0 Å². The molecule has 3 rings (SSSR count). The maximum Gasteiger partial charge on any atom is 0.249 e. The average Bonchev–Trinajstić information content (AvgIpc) is 3.13. The zero-order valence-electron chi connectivity index (χ0n) is 14.5. The van der Waals surface area contributed by atoms with Gasteiger partial charge in [0.2, 0.25) is 5.91 Å². The lowest BCUT2D eigenvalue weighted by molar-refractivity contribution is -0.132. The van der Waals surface area contributed by atoms with Gasteiger partial charge in [0.25, 0.3) is 0 Å². The van der Waals surface area contributed by atoms with Crippen molar-refractivity contribution in [2.24, 2.45) is 5.92 Å². The first-order valence-corrected chi connectivity index (χ1v) is 9.48. The molecule has 2 N–H and O–H groups in total. The lowest BCUT2D eigenvalue weighted by Gasteiger charge is -2.25. The predicted molar refractivity (Wildman–Crippen MR) is 95.4 cm³/mol. The van der Waals surface area contributed by atoms with Crippen LogP contribution in [-0.2, 0) is 17.9 Å². The third kappa shape index (κ3) is 4.81. The normalized spacial score (nSPS) is 20.9. The fraction of sp³-hybridized carbons (Fsp3) is 0.650. The van der Waals surface area contributed by atoms with Crippen LogP contribution in [0.2, 0.25) is 0 Å². The summed E-state index contributed by atoms with van der Waals surface area (Å²) >= 11 is 0. The lowest BCUT2D eigenvalue weighted by Crippen LogP contribution is -2.39. The molecule has 24 heavy (non-hydrogen) atoms. The van der Waals surface area contributed by atoms with Crippen molar-refractivity contribution < 1.29 is 9.90 Å². The number of nitrogens with zero attached hydrogens (tertiary/aromatic N) is 1. The van der Waals surface area contributed by atoms with Crippen molar-refractivity contribution in [2.45, 2.75) is 64.1 Å². The van der Waals surface area contributed by atoms with E-state index in [0.29, 0.717) is 6.54 Å². The van der Waals surface area contributed by atoms with Crippen LogP contribution in [0, 0.1) is 5.92 Å². The Morgan fingerprint density at radius 1 is 1.12 bits per heavy atom. The number of nitrogens with one attached hydrogen (secondary N) is 1. The number of likely N-dealkylation sites (tertiary alicyclic amines) is 1. The molecule has 1 aliphatic heterocycles. The zero-order valence-corrected chi connectivity index (χ0v) is 14.5. The van der Waals surface area contributed by atoms with E-state index >= 15 is 0 Å². The summed E-state index contributed by atoms with van der Waals surface area (Å²) in [5.74, 6) is -0.0768. The van der Waals surface area contributed by atoms with Gasteiger partial charge in [-0.2, -0.15) is 0 Å². The second-order valence-corrected chi connectivity index (χ2v) is 7.36. The number of rotatable bonds is 6. The molecule has 1 aromatic rings. The topological polar surface area (TPSA) is 52.6 Å². The number of aliphatic hydroxyl groups excluding tert-OH is 1. The van der Waals surface area contributed by atoms with Crippen LogP contribution in [0.3, 0.4) is 0 Å². The zero-order chi connectivity index (χ0) is 16.8. The van der Waals surface area contributed by atoms with E-state index in [1.54, 1.807) is 0 Å². The first kappa shape index (κ1) is 17.4. The smallest absolute Gasteiger partial charge is 0.249 e. The molecule has 1 saturated carbocycles. The molecular formula is C20H30N2O2. The average molecular weight is 330 g/mol. The minimum atomic E-state index is -0.849. The maximum absolute atomic E-state index is 12.2. The molecule has 0 aromatic heterocycles. The number of carbonyl (C=O) groups is 1. The molecule has 132 valence electrons. The highest BCUT2D eigenvalue weighted by molar-refractivity contribution is 5.80. The Bertz CT molecular complexity index is 534. The van der Waals surface area contributed by atoms with Crippen molar-refractivity contribution in [3.8, 4) is 0 Å². The molecule has 1 atom stereocenters. The van der Waals surface area contributed by atoms with E-state index < -0.39 is 6.10 Å². The molecule has 0 unspecified atom stereocenters. The number of carbonyl (C=O) groups excluding carboxylic acids is 1. The first-order valence-electron chi connectivity index (χ1n) is 9.48. The van der Waals surface area contributed by atoms with Crippen molar-refractivity contribution in [3.63, 3.8) is 0 Å². The summed E-state index contributed by atoms with van der Waals surface area (Å²) in [6.07, 6.45) is 7.19. The predicted octanol–water partition coefficient (Wildman–Crippen LogP) is 2.84. The Morgan fingerprint density at radius 2 is 1.83 bits per heavy atom. The standard InChI is InChI=1S/C20H30N2O2/c23-19(18-9-2-1-3-10-18)20(24)21-14-16-7-6-8-17(13-16)15-22-11-4-5-12-22/h6-8,13,18-19,23H,1-5,9-12,14-15H2,(H,21,24)/t19-/m1/s1. The van der Waals surface area contributed by atoms with E-state index in [1.807, 2.05) is 6.07 Å². The summed E-state index contributed by atoms with van der Waals surface area (Å²) in [5.41, 5.74) is 2.41. The van der Waals surface area contributed by atoms with Crippen molar-refractivity contribution in [1.82, 2.24) is 10.2 Å². The Hall–Kier alpha value is -1.39. The Labute approximate surface area is 145 Å². The van der Waals surface area contributed by atoms with Crippen LogP contribution in [0.4, 0.5) is 0 Å². The highest BCUT2D eigenvalue weighted by atomic mass is 16.3. The van der Waals surface area contributed by atoms with Gasteiger partial charge in [-0.3, -0.25) is 9.69 Å². The van der Waals surface area contributed by atoms with Crippen molar-refractivity contribution in [1.29, 1.82) is 0 Å². The first-order chi connectivity index (χ1) is 11.7. The fourth-order valence-electron chi connectivity index (χ4n) is 3.99. The summed E-state index contributed by atoms with van der Waals surface area (Å²) in [5, 5.41) is 13.2. The summed E-state index contributed by atoms with van der Waals surface area (Å²) in [6, 6.07) is 8.43. The summed E-state index contributed by atoms with van der Waals surface area (Å²) in [6.45, 7) is 3.87. The van der Waals surface area contributed by atoms with Gasteiger partial charge in [0.15, 0.2) is 0 Å². The molecule has 2 aliphatic rings. The van der Waals surface area contributed by atoms with Gasteiger partial charge in [-0.15, -0.1) is 0 Å². The molecule has 1 amide bonds. The van der Waals surface area contributed by atoms with Crippen LogP contribution in [0.1, 0.15) is 56.1 Å². The second kappa shape index (κ2) is 8.63. The van der Waals surface area contributed by atoms with Gasteiger partial charge in [-0.25, -0.2) is 0 Å². The van der Waals surface area contributed by atoms with Gasteiger partial charge >= 0.3 is 0 Å². The van der Waals surface area contributed by atoms with Gasteiger partial charge in [-0.05, 0) is 55.8 Å². The third-order valence-electron chi connectivity index (χ3n) is 5.43. The van der Waals surface area contributed by atoms with Crippen molar-refractivity contribution in [2.75, 3.05) is 13.1 Å². The molecule has 1 heterocycles. The number of amides is 1. The summed E-state index contributed by atoms with van der Waals surface area (Å²) in [4.78, 5) is 14.7. The largest absolute Gasteiger partial charge is 0.383 e. The molecule has 1 aliphatic carbocycles. The van der Waals surface area contributed by atoms with Crippen LogP contribution in [-0.4, -0.2) is 35.1 Å². The number of hydrogen-bond acceptors (Lipinski definition) is 3. The molecule has 0 spiro atoms. The van der Waals surface area contributed by atoms with Gasteiger partial charge in [0.1, 0.15) is 6.10 Å². The van der Waals surface area contributed by atoms with Crippen LogP contribution in [0.15, 0.2) is 24.3 Å². The van der Waals surface area contributed by atoms with E-state index in [2.05, 4.69) is 28.4 Å². The Morgan fingerprint density at radius 3 is 2.58 bits per heavy atom. The van der Waals surface area contributed by atoms with Gasteiger partial charge in [0, 0.05) is 13.1 Å². The van der Waals surface area contributed by atoms with E-state index in [0.717, 1.165) is 37.8 Å². The van der Waals surface area contributed by atoms with Crippen molar-refractivity contribution in [3.05, 3.63) is 35.4 Å². The minimum absolute atomic E-state index is 0.139. The van der Waals surface area contributed by atoms with E-state index in [-0.39, 0.29) is 11.8 Å². The molecule has 1 saturated heterocycles. The van der Waals surface area contributed by atoms with E-state index in [9.17, 15) is 9.90 Å². The molecular weight excluding hydrogens is 300 g/mol. The number of hydrogen-bond donors (Lipinski definition) is 2. The van der Waals surface area contributed by atoms with Crippen LogP contribution < -0.4 is 5.32 Å². The maximum atomic E-state index is 12.2. The Kier molecular flexibility index (Phi) is 6.27. The monoisotopic (exact) mass is 330 g/mol. The summed E-state index contributed by atoms with van der Waals surface area (Å²) in [7, 11) is 0. The van der Waals surface area contributed by atoms with Gasteiger partial charge in [-0.1, -0.05) is 43.5 Å². The highest BCUT2D eigenvalue weighted by Crippen LogP contribution is 2.26. The Balaban J connectivity index is 1.49. The van der Waals surface area contributed by atoms with E-state index in [4.69, 9.17) is 0 Å². The van der Waals surface area contributed by atoms with Crippen LogP contribution >= 0.6 is 0 Å². The van der Waals surface area contributed by atoms with Crippen LogP contribution in [0.5, 0.6) is 0 Å². The molecule has 4 nitrogen and oxygen atoms in total. The van der Waals surface area contributed by atoms with Crippen molar-refractivity contribution >= 4 is 5.91 Å². The quantitative estimate of drug-likeness (QED) is 0.843. The lowest BCUT2D eigenvalue weighted by atomic mass is 9.85. The molecule has 4 heteroatoms. The van der Waals surface area contributed by atoms with Gasteiger partial charge < -0.3 is 10.4 Å². The SMILES string of the molecule is O=C(NCc1cccc(CN2CCCC2)c1)[C@H](O)C1CCCCC1. The molecule has 0 radical (unpaired) electrons. The molecule has 0 bridgehead atoms. The summed E-state index contributed by atoms with van der Waals surface area (Å²) < 4.78 is 0. The second-order valence-electron chi connectivity index (χ2n) is 7.36. The highest BCUT2D eigenvalue weighted by Gasteiger charge is 2.27. The van der Waals surface area contributed by atoms with Gasteiger partial charge in [0.05, 0.1) is 0 Å². The molecule has 1 aromatic carbocycles. The number of aliphatic hydroxyl groups is 1. The third-order valence-corrected chi connectivity index (χ3v) is 5.43. The molecule has 2 fully saturated rings. The number of benzene rings is 1. The van der Waals surface area contributed by atoms with E-state index in [1.165, 1.54) is 37.9 Å².